The molecule has 0 aliphatic heterocycles. The van der Waals surface area contributed by atoms with E-state index in [-0.39, 0.29) is 5.63 Å². The van der Waals surface area contributed by atoms with Gasteiger partial charge in [0, 0.05) is 22.8 Å². The monoisotopic (exact) mass is 511 g/mol. The van der Waals surface area contributed by atoms with Gasteiger partial charge in [0.05, 0.1) is 12.8 Å². The number of aryl methyl sites for hydroxylation is 2. The van der Waals surface area contributed by atoms with E-state index in [2.05, 4.69) is 52.9 Å². The molecule has 0 bridgehead atoms. The third-order valence-electron chi connectivity index (χ3n) is 6.66. The second-order valence-corrected chi connectivity index (χ2v) is 10.3. The van der Waals surface area contributed by atoms with E-state index in [0.29, 0.717) is 17.3 Å². The SMILES string of the molecule is COc1ccc(-c2nnc(SCc3cc(=O)oc4c(C)c(C)ccc34)n2-c2ccccc2C(C)C)cc1. The standard InChI is InChI=1S/C30H29N3O3S/c1-18(2)24-8-6-7-9-26(24)33-29(21-11-13-23(35-5)14-12-21)31-32-30(33)37-17-22-16-27(34)36-28-20(4)19(3)10-15-25(22)28/h6-16,18H,17H2,1-5H3. The lowest BCUT2D eigenvalue weighted by Crippen LogP contribution is -2.05. The molecule has 0 N–H and O–H groups in total. The lowest BCUT2D eigenvalue weighted by atomic mass is 10.0. The molecule has 0 saturated heterocycles. The van der Waals surface area contributed by atoms with Gasteiger partial charge in [0.25, 0.3) is 0 Å². The number of fused-ring (bicyclic) bond motifs is 1. The van der Waals surface area contributed by atoms with E-state index in [1.54, 1.807) is 24.9 Å². The zero-order chi connectivity index (χ0) is 26.1. The molecule has 0 saturated carbocycles. The van der Waals surface area contributed by atoms with E-state index < -0.39 is 0 Å². The largest absolute Gasteiger partial charge is 0.497 e. The number of thioether (sulfide) groups is 1. The second-order valence-electron chi connectivity index (χ2n) is 9.35. The summed E-state index contributed by atoms with van der Waals surface area (Å²) in [6, 6.07) is 21.9. The van der Waals surface area contributed by atoms with Crippen LogP contribution in [-0.2, 0) is 5.75 Å². The van der Waals surface area contributed by atoms with Gasteiger partial charge in [0.2, 0.25) is 0 Å². The zero-order valence-electron chi connectivity index (χ0n) is 21.6. The average Bonchev–Trinajstić information content (AvgIpc) is 3.33. The van der Waals surface area contributed by atoms with Gasteiger partial charge in [-0.05, 0) is 72.4 Å². The summed E-state index contributed by atoms with van der Waals surface area (Å²) in [7, 11) is 1.65. The summed E-state index contributed by atoms with van der Waals surface area (Å²) in [6.45, 7) is 8.37. The zero-order valence-corrected chi connectivity index (χ0v) is 22.4. The lowest BCUT2D eigenvalue weighted by Gasteiger charge is -2.17. The first kappa shape index (κ1) is 24.8. The topological polar surface area (TPSA) is 70.2 Å². The summed E-state index contributed by atoms with van der Waals surface area (Å²) in [5.74, 6) is 2.40. The highest BCUT2D eigenvalue weighted by atomic mass is 32.2. The van der Waals surface area contributed by atoms with Crippen LogP contribution in [0.2, 0.25) is 0 Å². The molecule has 6 nitrogen and oxygen atoms in total. The van der Waals surface area contributed by atoms with Crippen molar-refractivity contribution in [3.05, 3.63) is 99.4 Å². The molecule has 0 aliphatic carbocycles. The van der Waals surface area contributed by atoms with Crippen LogP contribution in [0.25, 0.3) is 28.0 Å². The van der Waals surface area contributed by atoms with Crippen LogP contribution in [0.3, 0.4) is 0 Å². The van der Waals surface area contributed by atoms with Gasteiger partial charge in [0.15, 0.2) is 11.0 Å². The van der Waals surface area contributed by atoms with Crippen LogP contribution in [0.4, 0.5) is 0 Å². The van der Waals surface area contributed by atoms with Gasteiger partial charge >= 0.3 is 5.63 Å². The Morgan fingerprint density at radius 3 is 2.49 bits per heavy atom. The maximum absolute atomic E-state index is 12.4. The average molecular weight is 512 g/mol. The van der Waals surface area contributed by atoms with E-state index >= 15 is 0 Å². The van der Waals surface area contributed by atoms with E-state index in [9.17, 15) is 4.79 Å². The molecular formula is C30H29N3O3S. The smallest absolute Gasteiger partial charge is 0.336 e. The number of ether oxygens (including phenoxy) is 1. The van der Waals surface area contributed by atoms with Gasteiger partial charge in [-0.15, -0.1) is 10.2 Å². The Hall–Kier alpha value is -3.84. The normalized spacial score (nSPS) is 11.4. The fourth-order valence-electron chi connectivity index (χ4n) is 4.47. The molecule has 3 aromatic carbocycles. The van der Waals surface area contributed by atoms with E-state index in [1.807, 2.05) is 50.2 Å². The molecule has 37 heavy (non-hydrogen) atoms. The Balaban J connectivity index is 1.61. The second kappa shape index (κ2) is 10.3. The first-order chi connectivity index (χ1) is 17.9. The Labute approximate surface area is 220 Å². The van der Waals surface area contributed by atoms with E-state index in [1.165, 1.54) is 5.56 Å². The van der Waals surface area contributed by atoms with Crippen LogP contribution in [0, 0.1) is 13.8 Å². The summed E-state index contributed by atoms with van der Waals surface area (Å²) in [5, 5.41) is 10.9. The third kappa shape index (κ3) is 4.79. The minimum atomic E-state index is -0.345. The number of hydrogen-bond donors (Lipinski definition) is 0. The quantitative estimate of drug-likeness (QED) is 0.172. The predicted octanol–water partition coefficient (Wildman–Crippen LogP) is 7.08. The van der Waals surface area contributed by atoms with Crippen LogP contribution in [0.5, 0.6) is 5.75 Å². The van der Waals surface area contributed by atoms with Crippen molar-refractivity contribution in [2.24, 2.45) is 0 Å². The van der Waals surface area contributed by atoms with Crippen LogP contribution >= 0.6 is 11.8 Å². The third-order valence-corrected chi connectivity index (χ3v) is 7.63. The molecule has 5 aromatic rings. The number of aromatic nitrogens is 3. The predicted molar refractivity (Wildman–Crippen MR) is 149 cm³/mol. The molecule has 5 rings (SSSR count). The molecule has 188 valence electrons. The lowest BCUT2D eigenvalue weighted by molar-refractivity contribution is 0.415. The number of hydrogen-bond acceptors (Lipinski definition) is 6. The van der Waals surface area contributed by atoms with Crippen LogP contribution in [-0.4, -0.2) is 21.9 Å². The molecule has 0 fully saturated rings. The molecule has 0 aliphatic rings. The number of para-hydroxylation sites is 1. The Kier molecular flexibility index (Phi) is 6.89. The van der Waals surface area contributed by atoms with Crippen LogP contribution in [0.15, 0.2) is 81.1 Å². The minimum absolute atomic E-state index is 0.314. The summed E-state index contributed by atoms with van der Waals surface area (Å²) in [6.07, 6.45) is 0. The molecule has 0 radical (unpaired) electrons. The number of benzene rings is 3. The molecular weight excluding hydrogens is 482 g/mol. The van der Waals surface area contributed by atoms with Crippen molar-refractivity contribution in [1.82, 2.24) is 14.8 Å². The molecule has 0 unspecified atom stereocenters. The van der Waals surface area contributed by atoms with Crippen molar-refractivity contribution in [1.29, 1.82) is 0 Å². The van der Waals surface area contributed by atoms with Gasteiger partial charge in [-0.1, -0.05) is 55.9 Å². The Morgan fingerprint density at radius 2 is 1.76 bits per heavy atom. The van der Waals surface area contributed by atoms with Crippen molar-refractivity contribution >= 4 is 22.7 Å². The highest BCUT2D eigenvalue weighted by Gasteiger charge is 2.20. The number of rotatable bonds is 7. The molecule has 0 atom stereocenters. The molecule has 2 heterocycles. The molecule has 0 amide bonds. The molecule has 2 aromatic heterocycles. The fourth-order valence-corrected chi connectivity index (χ4v) is 5.41. The summed E-state index contributed by atoms with van der Waals surface area (Å²) in [4.78, 5) is 12.4. The fraction of sp³-hybridized carbons (Fsp3) is 0.233. The van der Waals surface area contributed by atoms with Crippen LogP contribution < -0.4 is 10.4 Å². The van der Waals surface area contributed by atoms with Gasteiger partial charge in [-0.25, -0.2) is 4.79 Å². The van der Waals surface area contributed by atoms with Gasteiger partial charge in [-0.3, -0.25) is 4.57 Å². The first-order valence-electron chi connectivity index (χ1n) is 12.2. The van der Waals surface area contributed by atoms with Crippen molar-refractivity contribution in [3.8, 4) is 22.8 Å². The van der Waals surface area contributed by atoms with Gasteiger partial charge in [0.1, 0.15) is 11.3 Å². The number of methoxy groups -OCH3 is 1. The van der Waals surface area contributed by atoms with Crippen molar-refractivity contribution in [3.63, 3.8) is 0 Å². The van der Waals surface area contributed by atoms with Crippen molar-refractivity contribution < 1.29 is 9.15 Å². The van der Waals surface area contributed by atoms with Gasteiger partial charge < -0.3 is 9.15 Å². The first-order valence-corrected chi connectivity index (χ1v) is 13.2. The Morgan fingerprint density at radius 1 is 1.00 bits per heavy atom. The van der Waals surface area contributed by atoms with Crippen LogP contribution in [0.1, 0.15) is 42.0 Å². The summed E-state index contributed by atoms with van der Waals surface area (Å²) < 4.78 is 13.0. The van der Waals surface area contributed by atoms with E-state index in [4.69, 9.17) is 9.15 Å². The highest BCUT2D eigenvalue weighted by Crippen LogP contribution is 2.35. The Bertz CT molecular complexity index is 1640. The van der Waals surface area contributed by atoms with Gasteiger partial charge in [-0.2, -0.15) is 0 Å². The number of nitrogens with zero attached hydrogens (tertiary/aromatic N) is 3. The maximum Gasteiger partial charge on any atom is 0.336 e. The van der Waals surface area contributed by atoms with E-state index in [0.717, 1.165) is 50.1 Å². The summed E-state index contributed by atoms with van der Waals surface area (Å²) >= 11 is 1.56. The van der Waals surface area contributed by atoms with Crippen molar-refractivity contribution in [2.45, 2.75) is 44.5 Å². The van der Waals surface area contributed by atoms with Crippen molar-refractivity contribution in [2.75, 3.05) is 7.11 Å². The maximum atomic E-state index is 12.4. The molecule has 7 heteroatoms. The minimum Gasteiger partial charge on any atom is -0.497 e. The highest BCUT2D eigenvalue weighted by molar-refractivity contribution is 7.98. The molecule has 0 spiro atoms. The summed E-state index contributed by atoms with van der Waals surface area (Å²) in [5.41, 5.74) is 6.48.